The quantitative estimate of drug-likeness (QED) is 0.893. The Morgan fingerprint density at radius 1 is 1.45 bits per heavy atom. The minimum absolute atomic E-state index is 0.506. The SMILES string of the molecule is CNCc1sc(N2CCCN(C)CC2C)nc1COC. The molecule has 0 aliphatic carbocycles. The van der Waals surface area contributed by atoms with E-state index in [0.717, 1.165) is 30.5 Å². The van der Waals surface area contributed by atoms with E-state index in [4.69, 9.17) is 9.72 Å². The number of likely N-dealkylation sites (N-methyl/N-ethyl adjacent to an activating group) is 1. The van der Waals surface area contributed by atoms with E-state index in [1.165, 1.54) is 17.8 Å². The van der Waals surface area contributed by atoms with Gasteiger partial charge in [-0.25, -0.2) is 4.98 Å². The largest absolute Gasteiger partial charge is 0.378 e. The van der Waals surface area contributed by atoms with Crippen molar-refractivity contribution >= 4 is 16.5 Å². The van der Waals surface area contributed by atoms with Gasteiger partial charge in [0, 0.05) is 37.7 Å². The maximum atomic E-state index is 5.27. The molecule has 1 aliphatic rings. The van der Waals surface area contributed by atoms with Crippen molar-refractivity contribution in [3.05, 3.63) is 10.6 Å². The van der Waals surface area contributed by atoms with Crippen LogP contribution in [0.1, 0.15) is 23.9 Å². The van der Waals surface area contributed by atoms with Crippen molar-refractivity contribution in [3.8, 4) is 0 Å². The Morgan fingerprint density at radius 2 is 2.25 bits per heavy atom. The zero-order chi connectivity index (χ0) is 14.5. The van der Waals surface area contributed by atoms with E-state index in [1.54, 1.807) is 18.4 Å². The molecule has 1 aromatic rings. The molecule has 1 unspecified atom stereocenters. The number of nitrogens with zero attached hydrogens (tertiary/aromatic N) is 3. The highest BCUT2D eigenvalue weighted by Gasteiger charge is 2.23. The van der Waals surface area contributed by atoms with Crippen LogP contribution < -0.4 is 10.2 Å². The summed E-state index contributed by atoms with van der Waals surface area (Å²) in [7, 11) is 5.90. The van der Waals surface area contributed by atoms with E-state index < -0.39 is 0 Å². The lowest BCUT2D eigenvalue weighted by atomic mass is 10.3. The summed E-state index contributed by atoms with van der Waals surface area (Å²) in [4.78, 5) is 11.0. The predicted octanol–water partition coefficient (Wildman–Crippen LogP) is 1.54. The van der Waals surface area contributed by atoms with Crippen molar-refractivity contribution in [1.29, 1.82) is 0 Å². The molecule has 20 heavy (non-hydrogen) atoms. The van der Waals surface area contributed by atoms with Crippen LogP contribution in [0, 0.1) is 0 Å². The fourth-order valence-electron chi connectivity index (χ4n) is 2.70. The van der Waals surface area contributed by atoms with Crippen molar-refractivity contribution in [3.63, 3.8) is 0 Å². The number of methoxy groups -OCH3 is 1. The lowest BCUT2D eigenvalue weighted by Crippen LogP contribution is -2.37. The van der Waals surface area contributed by atoms with E-state index in [1.807, 2.05) is 7.05 Å². The number of rotatable bonds is 5. The van der Waals surface area contributed by atoms with E-state index in [9.17, 15) is 0 Å². The molecule has 5 nitrogen and oxygen atoms in total. The van der Waals surface area contributed by atoms with Gasteiger partial charge < -0.3 is 19.9 Å². The van der Waals surface area contributed by atoms with Gasteiger partial charge in [0.15, 0.2) is 5.13 Å². The molecule has 1 aliphatic heterocycles. The molecule has 0 radical (unpaired) electrons. The molecule has 1 fully saturated rings. The van der Waals surface area contributed by atoms with Gasteiger partial charge >= 0.3 is 0 Å². The van der Waals surface area contributed by atoms with Crippen molar-refractivity contribution < 1.29 is 4.74 Å². The van der Waals surface area contributed by atoms with Crippen LogP contribution in [0.15, 0.2) is 0 Å². The molecule has 0 amide bonds. The first-order valence-electron chi connectivity index (χ1n) is 7.23. The molecular formula is C14H26N4OS. The summed E-state index contributed by atoms with van der Waals surface area (Å²) in [6.45, 7) is 7.09. The number of hydrogen-bond donors (Lipinski definition) is 1. The average molecular weight is 298 g/mol. The standard InChI is InChI=1S/C14H26N4OS/c1-11-9-17(3)6-5-7-18(11)14-16-12(10-19-4)13(20-14)8-15-2/h11,15H,5-10H2,1-4H3. The predicted molar refractivity (Wildman–Crippen MR) is 84.5 cm³/mol. The van der Waals surface area contributed by atoms with E-state index in [0.29, 0.717) is 12.6 Å². The molecule has 114 valence electrons. The minimum Gasteiger partial charge on any atom is -0.378 e. The Morgan fingerprint density at radius 3 is 2.95 bits per heavy atom. The summed E-state index contributed by atoms with van der Waals surface area (Å²) in [5.74, 6) is 0. The van der Waals surface area contributed by atoms with E-state index in [2.05, 4.69) is 29.1 Å². The van der Waals surface area contributed by atoms with Gasteiger partial charge in [0.1, 0.15) is 0 Å². The van der Waals surface area contributed by atoms with Crippen LogP contribution in [0.4, 0.5) is 5.13 Å². The van der Waals surface area contributed by atoms with Gasteiger partial charge in [-0.15, -0.1) is 11.3 Å². The monoisotopic (exact) mass is 298 g/mol. The van der Waals surface area contributed by atoms with Gasteiger partial charge in [-0.05, 0) is 34.0 Å². The summed E-state index contributed by atoms with van der Waals surface area (Å²) in [5, 5.41) is 4.36. The Bertz CT molecular complexity index is 400. The van der Waals surface area contributed by atoms with Gasteiger partial charge in [-0.1, -0.05) is 0 Å². The number of anilines is 1. The van der Waals surface area contributed by atoms with Crippen LogP contribution in [0.3, 0.4) is 0 Å². The molecule has 1 atom stereocenters. The number of ether oxygens (including phenoxy) is 1. The fourth-order valence-corrected chi connectivity index (χ4v) is 3.90. The van der Waals surface area contributed by atoms with Gasteiger partial charge in [-0.3, -0.25) is 0 Å². The second-order valence-corrected chi connectivity index (χ2v) is 6.55. The third-order valence-electron chi connectivity index (χ3n) is 3.68. The number of aromatic nitrogens is 1. The van der Waals surface area contributed by atoms with Crippen molar-refractivity contribution in [1.82, 2.24) is 15.2 Å². The fraction of sp³-hybridized carbons (Fsp3) is 0.786. The first kappa shape index (κ1) is 15.7. The van der Waals surface area contributed by atoms with Gasteiger partial charge in [-0.2, -0.15) is 0 Å². The molecule has 2 heterocycles. The minimum atomic E-state index is 0.506. The third kappa shape index (κ3) is 3.69. The Hall–Kier alpha value is -0.690. The molecule has 6 heteroatoms. The van der Waals surface area contributed by atoms with Crippen LogP contribution in [-0.2, 0) is 17.9 Å². The van der Waals surface area contributed by atoms with Crippen molar-refractivity contribution in [2.24, 2.45) is 0 Å². The van der Waals surface area contributed by atoms with Gasteiger partial charge in [0.2, 0.25) is 0 Å². The molecule has 1 N–H and O–H groups in total. The van der Waals surface area contributed by atoms with Crippen LogP contribution in [0.25, 0.3) is 0 Å². The van der Waals surface area contributed by atoms with Crippen LogP contribution in [0.2, 0.25) is 0 Å². The number of thiazole rings is 1. The molecule has 1 saturated heterocycles. The summed E-state index contributed by atoms with van der Waals surface area (Å²) in [5.41, 5.74) is 1.08. The molecular weight excluding hydrogens is 272 g/mol. The highest BCUT2D eigenvalue weighted by molar-refractivity contribution is 7.15. The highest BCUT2D eigenvalue weighted by Crippen LogP contribution is 2.29. The summed E-state index contributed by atoms with van der Waals surface area (Å²) < 4.78 is 5.27. The zero-order valence-electron chi connectivity index (χ0n) is 13.0. The van der Waals surface area contributed by atoms with Crippen molar-refractivity contribution in [2.75, 3.05) is 45.7 Å². The Balaban J connectivity index is 2.19. The van der Waals surface area contributed by atoms with E-state index >= 15 is 0 Å². The smallest absolute Gasteiger partial charge is 0.186 e. The van der Waals surface area contributed by atoms with Gasteiger partial charge in [0.05, 0.1) is 12.3 Å². The van der Waals surface area contributed by atoms with Crippen LogP contribution in [-0.4, -0.2) is 56.8 Å². The molecule has 1 aromatic heterocycles. The Kier molecular flexibility index (Phi) is 5.77. The summed E-state index contributed by atoms with van der Waals surface area (Å²) >= 11 is 1.80. The number of nitrogens with one attached hydrogen (secondary N) is 1. The Labute approximate surface area is 125 Å². The van der Waals surface area contributed by atoms with Gasteiger partial charge in [0.25, 0.3) is 0 Å². The van der Waals surface area contributed by atoms with Crippen LogP contribution in [0.5, 0.6) is 0 Å². The average Bonchev–Trinajstić information content (AvgIpc) is 2.69. The zero-order valence-corrected chi connectivity index (χ0v) is 13.8. The lowest BCUT2D eigenvalue weighted by molar-refractivity contribution is 0.181. The maximum Gasteiger partial charge on any atom is 0.186 e. The molecule has 0 bridgehead atoms. The summed E-state index contributed by atoms with van der Waals surface area (Å²) in [6.07, 6.45) is 1.20. The molecule has 0 saturated carbocycles. The third-order valence-corrected chi connectivity index (χ3v) is 4.81. The lowest BCUT2D eigenvalue weighted by Gasteiger charge is -2.27. The normalized spacial score (nSPS) is 21.2. The highest BCUT2D eigenvalue weighted by atomic mass is 32.1. The van der Waals surface area contributed by atoms with E-state index in [-0.39, 0.29) is 0 Å². The maximum absolute atomic E-state index is 5.27. The topological polar surface area (TPSA) is 40.6 Å². The second-order valence-electron chi connectivity index (χ2n) is 5.49. The molecule has 0 spiro atoms. The first-order valence-corrected chi connectivity index (χ1v) is 8.04. The first-order chi connectivity index (χ1) is 9.65. The van der Waals surface area contributed by atoms with Crippen molar-refractivity contribution in [2.45, 2.75) is 32.5 Å². The molecule has 0 aromatic carbocycles. The second kappa shape index (κ2) is 7.36. The summed E-state index contributed by atoms with van der Waals surface area (Å²) in [6, 6.07) is 0.506. The molecule has 2 rings (SSSR count). The number of hydrogen-bond acceptors (Lipinski definition) is 6. The van der Waals surface area contributed by atoms with Crippen LogP contribution >= 0.6 is 11.3 Å².